The number of azide groups is 1. The Morgan fingerprint density at radius 3 is 2.18 bits per heavy atom. The van der Waals surface area contributed by atoms with Crippen LogP contribution in [-0.4, -0.2) is 17.1 Å². The minimum Gasteiger partial charge on any atom is -0.481 e. The summed E-state index contributed by atoms with van der Waals surface area (Å²) in [7, 11) is 0. The number of carboxylic acid groups (broad SMARTS) is 1. The van der Waals surface area contributed by atoms with Crippen molar-refractivity contribution in [1.29, 1.82) is 0 Å². The van der Waals surface area contributed by atoms with E-state index in [1.165, 1.54) is 0 Å². The van der Waals surface area contributed by atoms with Crippen LogP contribution in [0.3, 0.4) is 0 Å². The number of hydrogen-bond acceptors (Lipinski definition) is 2. The molecule has 0 aromatic carbocycles. The van der Waals surface area contributed by atoms with Gasteiger partial charge in [0.25, 0.3) is 0 Å². The lowest BCUT2D eigenvalue weighted by Crippen LogP contribution is -2.31. The van der Waals surface area contributed by atoms with E-state index in [-0.39, 0.29) is 0 Å². The van der Waals surface area contributed by atoms with E-state index in [9.17, 15) is 4.79 Å². The first-order valence-electron chi connectivity index (χ1n) is 3.16. The molecule has 11 heavy (non-hydrogen) atoms. The van der Waals surface area contributed by atoms with Crippen molar-refractivity contribution in [3.8, 4) is 0 Å². The Balaban J connectivity index is 4.61. The second-order valence-corrected chi connectivity index (χ2v) is 3.31. The third-order valence-electron chi connectivity index (χ3n) is 1.22. The van der Waals surface area contributed by atoms with Gasteiger partial charge in [-0.1, -0.05) is 25.9 Å². The normalized spacial score (nSPS) is 13.4. The first kappa shape index (κ1) is 9.78. The van der Waals surface area contributed by atoms with Crippen LogP contribution in [0.25, 0.3) is 10.4 Å². The zero-order valence-electron chi connectivity index (χ0n) is 6.77. The van der Waals surface area contributed by atoms with Crippen LogP contribution in [0.4, 0.5) is 0 Å². The molecular weight excluding hydrogens is 146 g/mol. The van der Waals surface area contributed by atoms with E-state index in [1.807, 2.05) is 0 Å². The third kappa shape index (κ3) is 2.91. The molecule has 0 aromatic rings. The van der Waals surface area contributed by atoms with E-state index in [0.29, 0.717) is 0 Å². The van der Waals surface area contributed by atoms with Crippen LogP contribution in [0.5, 0.6) is 0 Å². The van der Waals surface area contributed by atoms with Crippen LogP contribution >= 0.6 is 0 Å². The summed E-state index contributed by atoms with van der Waals surface area (Å²) in [5, 5.41) is 11.8. The van der Waals surface area contributed by atoms with Crippen LogP contribution < -0.4 is 0 Å². The van der Waals surface area contributed by atoms with Gasteiger partial charge in [0.15, 0.2) is 0 Å². The highest BCUT2D eigenvalue weighted by molar-refractivity contribution is 5.74. The standard InChI is InChI=1S/C6H11N3O2/c1-6(2,3)4(5(10)11)8-9-7/h4H,1-3H3,(H,10,11)/t4-/m0/s1. The minimum atomic E-state index is -1.09. The maximum Gasteiger partial charge on any atom is 0.312 e. The average Bonchev–Trinajstić information content (AvgIpc) is 1.79. The van der Waals surface area contributed by atoms with Gasteiger partial charge in [0, 0.05) is 4.91 Å². The van der Waals surface area contributed by atoms with Crippen molar-refractivity contribution in [2.24, 2.45) is 10.5 Å². The number of aliphatic carboxylic acids is 1. The summed E-state index contributed by atoms with van der Waals surface area (Å²) in [6, 6.07) is -0.993. The number of hydrogen-bond donors (Lipinski definition) is 1. The lowest BCUT2D eigenvalue weighted by atomic mass is 9.87. The highest BCUT2D eigenvalue weighted by Gasteiger charge is 2.29. The van der Waals surface area contributed by atoms with Gasteiger partial charge in [0.1, 0.15) is 6.04 Å². The molecule has 0 saturated heterocycles. The molecule has 0 radical (unpaired) electrons. The highest BCUT2D eigenvalue weighted by Crippen LogP contribution is 2.22. The summed E-state index contributed by atoms with van der Waals surface area (Å²) in [5.41, 5.74) is 7.51. The van der Waals surface area contributed by atoms with Crippen molar-refractivity contribution in [2.75, 3.05) is 0 Å². The minimum absolute atomic E-state index is 0.530. The van der Waals surface area contributed by atoms with Gasteiger partial charge in [0.05, 0.1) is 0 Å². The average molecular weight is 157 g/mol. The molecule has 1 atom stereocenters. The number of carboxylic acids is 1. The van der Waals surface area contributed by atoms with Crippen molar-refractivity contribution in [1.82, 2.24) is 0 Å². The molecule has 0 rings (SSSR count). The topological polar surface area (TPSA) is 86.1 Å². The molecule has 0 aromatic heterocycles. The van der Waals surface area contributed by atoms with Gasteiger partial charge >= 0.3 is 5.97 Å². The zero-order chi connectivity index (χ0) is 9.07. The predicted molar refractivity (Wildman–Crippen MR) is 40.0 cm³/mol. The van der Waals surface area contributed by atoms with E-state index in [2.05, 4.69) is 10.0 Å². The van der Waals surface area contributed by atoms with E-state index >= 15 is 0 Å². The Labute approximate surface area is 64.7 Å². The summed E-state index contributed by atoms with van der Waals surface area (Å²) >= 11 is 0. The lowest BCUT2D eigenvalue weighted by molar-refractivity contribution is -0.140. The van der Waals surface area contributed by atoms with E-state index in [1.54, 1.807) is 20.8 Å². The largest absolute Gasteiger partial charge is 0.481 e. The fourth-order valence-corrected chi connectivity index (χ4v) is 0.645. The lowest BCUT2D eigenvalue weighted by Gasteiger charge is -2.22. The van der Waals surface area contributed by atoms with Crippen molar-refractivity contribution < 1.29 is 9.90 Å². The molecule has 62 valence electrons. The fraction of sp³-hybridized carbons (Fsp3) is 0.833. The SMILES string of the molecule is CC(C)(C)[C@@H](N=[N+]=[N-])C(=O)O. The maximum atomic E-state index is 10.5. The van der Waals surface area contributed by atoms with Crippen LogP contribution in [-0.2, 0) is 4.79 Å². The quantitative estimate of drug-likeness (QED) is 0.376. The van der Waals surface area contributed by atoms with Crippen molar-refractivity contribution in [3.05, 3.63) is 10.4 Å². The number of nitrogens with zero attached hydrogens (tertiary/aromatic N) is 3. The maximum absolute atomic E-state index is 10.5. The molecule has 5 nitrogen and oxygen atoms in total. The van der Waals surface area contributed by atoms with Crippen LogP contribution in [0.1, 0.15) is 20.8 Å². The summed E-state index contributed by atoms with van der Waals surface area (Å²) in [6.45, 7) is 5.13. The molecule has 0 bridgehead atoms. The first-order chi connectivity index (χ1) is 4.89. The summed E-state index contributed by atoms with van der Waals surface area (Å²) in [4.78, 5) is 12.9. The molecule has 0 spiro atoms. The third-order valence-corrected chi connectivity index (χ3v) is 1.22. The second kappa shape index (κ2) is 3.25. The van der Waals surface area contributed by atoms with Gasteiger partial charge in [-0.05, 0) is 10.9 Å². The predicted octanol–water partition coefficient (Wildman–Crippen LogP) is 1.80. The molecule has 5 heteroatoms. The van der Waals surface area contributed by atoms with Crippen LogP contribution in [0.15, 0.2) is 5.11 Å². The Bertz CT molecular complexity index is 198. The van der Waals surface area contributed by atoms with Gasteiger partial charge in [-0.25, -0.2) is 0 Å². The smallest absolute Gasteiger partial charge is 0.312 e. The monoisotopic (exact) mass is 157 g/mol. The molecule has 0 aliphatic heterocycles. The van der Waals surface area contributed by atoms with Crippen LogP contribution in [0, 0.1) is 5.41 Å². The van der Waals surface area contributed by atoms with Crippen molar-refractivity contribution >= 4 is 5.97 Å². The molecule has 1 N–H and O–H groups in total. The Kier molecular flexibility index (Phi) is 2.89. The van der Waals surface area contributed by atoms with Crippen molar-refractivity contribution in [3.63, 3.8) is 0 Å². The van der Waals surface area contributed by atoms with E-state index in [4.69, 9.17) is 10.6 Å². The van der Waals surface area contributed by atoms with E-state index in [0.717, 1.165) is 0 Å². The molecule has 0 saturated carbocycles. The van der Waals surface area contributed by atoms with Gasteiger partial charge in [0.2, 0.25) is 0 Å². The molecule has 0 fully saturated rings. The number of carbonyl (C=O) groups is 1. The van der Waals surface area contributed by atoms with Crippen molar-refractivity contribution in [2.45, 2.75) is 26.8 Å². The highest BCUT2D eigenvalue weighted by atomic mass is 16.4. The molecule has 0 unspecified atom stereocenters. The summed E-state index contributed by atoms with van der Waals surface area (Å²) in [5.74, 6) is -1.09. The van der Waals surface area contributed by atoms with Gasteiger partial charge in [-0.15, -0.1) is 0 Å². The Morgan fingerprint density at radius 2 is 2.09 bits per heavy atom. The van der Waals surface area contributed by atoms with Gasteiger partial charge < -0.3 is 5.11 Å². The summed E-state index contributed by atoms with van der Waals surface area (Å²) in [6.07, 6.45) is 0. The Hall–Kier alpha value is -1.22. The van der Waals surface area contributed by atoms with E-state index < -0.39 is 17.4 Å². The molecule has 0 amide bonds. The van der Waals surface area contributed by atoms with Gasteiger partial charge in [-0.2, -0.15) is 0 Å². The molecule has 0 aliphatic carbocycles. The fourth-order valence-electron chi connectivity index (χ4n) is 0.645. The van der Waals surface area contributed by atoms with Gasteiger partial charge in [-0.3, -0.25) is 4.79 Å². The second-order valence-electron chi connectivity index (χ2n) is 3.31. The number of rotatable bonds is 2. The zero-order valence-corrected chi connectivity index (χ0v) is 6.77. The Morgan fingerprint density at radius 1 is 1.64 bits per heavy atom. The molecule has 0 aliphatic rings. The summed E-state index contributed by atoms with van der Waals surface area (Å²) < 4.78 is 0. The van der Waals surface area contributed by atoms with Crippen LogP contribution in [0.2, 0.25) is 0 Å². The first-order valence-corrected chi connectivity index (χ1v) is 3.16. The molecule has 0 heterocycles. The molecular formula is C6H11N3O2.